The van der Waals surface area contributed by atoms with Gasteiger partial charge in [-0.3, -0.25) is 9.88 Å². The number of aromatic amines is 1. The highest BCUT2D eigenvalue weighted by Crippen LogP contribution is 2.39. The lowest BCUT2D eigenvalue weighted by atomic mass is 9.99. The third-order valence-electron chi connectivity index (χ3n) is 6.98. The first kappa shape index (κ1) is 29.0. The Morgan fingerprint density at radius 3 is 2.60 bits per heavy atom. The van der Waals surface area contributed by atoms with Crippen LogP contribution >= 0.6 is 34.8 Å². The number of anilines is 3. The van der Waals surface area contributed by atoms with E-state index in [1.165, 1.54) is 18.3 Å². The van der Waals surface area contributed by atoms with Gasteiger partial charge in [0.05, 0.1) is 62.9 Å². The predicted octanol–water partition coefficient (Wildman–Crippen LogP) is 7.72. The second-order valence-corrected chi connectivity index (χ2v) is 11.3. The van der Waals surface area contributed by atoms with Crippen molar-refractivity contribution in [3.8, 4) is 6.07 Å². The molecule has 0 bridgehead atoms. The van der Waals surface area contributed by atoms with Gasteiger partial charge < -0.3 is 10.6 Å². The summed E-state index contributed by atoms with van der Waals surface area (Å²) in [7, 11) is 0. The third-order valence-corrected chi connectivity index (χ3v) is 8.05. The Hall–Kier alpha value is -4.08. The maximum Gasteiger partial charge on any atom is 0.272 e. The summed E-state index contributed by atoms with van der Waals surface area (Å²) in [5.74, 6) is -3.44. The van der Waals surface area contributed by atoms with Crippen molar-refractivity contribution in [3.05, 3.63) is 104 Å². The third kappa shape index (κ3) is 5.92. The van der Waals surface area contributed by atoms with E-state index in [0.717, 1.165) is 11.1 Å². The SMILES string of the molecule is N#Cc1cnc2c(Cl)cc(N[C@@H](c3cccc(CN4CC(F)(F)C4)c3)c3cn[nH]n3)cc2c1Nc1ccc(Cl)c(Cl)c1F. The van der Waals surface area contributed by atoms with Crippen molar-refractivity contribution < 1.29 is 13.2 Å². The first-order valence-corrected chi connectivity index (χ1v) is 14.0. The predicted molar refractivity (Wildman–Crippen MR) is 160 cm³/mol. The van der Waals surface area contributed by atoms with Crippen LogP contribution in [-0.2, 0) is 6.54 Å². The summed E-state index contributed by atoms with van der Waals surface area (Å²) in [5, 5.41) is 27.5. The molecule has 3 heterocycles. The van der Waals surface area contributed by atoms with Crippen molar-refractivity contribution >= 4 is 62.8 Å². The molecule has 6 rings (SSSR count). The Bertz CT molecular complexity index is 1870. The lowest BCUT2D eigenvalue weighted by molar-refractivity contribution is -0.133. The van der Waals surface area contributed by atoms with Gasteiger partial charge in [0.25, 0.3) is 5.92 Å². The van der Waals surface area contributed by atoms with Gasteiger partial charge in [0.2, 0.25) is 0 Å². The quantitative estimate of drug-likeness (QED) is 0.149. The van der Waals surface area contributed by atoms with E-state index in [1.54, 1.807) is 23.2 Å². The molecule has 8 nitrogen and oxygen atoms in total. The van der Waals surface area contributed by atoms with Gasteiger partial charge in [-0.1, -0.05) is 59.1 Å². The standard InChI is InChI=1S/C29H20Cl3F3N8/c30-20-4-5-22(25(33)24(20)32)40-26-17(9-36)10-37-28-19(26)7-18(8-21(28)31)39-27(23-11-38-42-41-23)16-3-1-2-15(6-16)12-43-13-29(34,35)14-43/h1-8,10-11,27,39H,12-14H2,(H,37,40)(H,38,41,42)/t27-/m0/s1. The van der Waals surface area contributed by atoms with Crippen LogP contribution in [0.15, 0.2) is 60.9 Å². The van der Waals surface area contributed by atoms with Crippen molar-refractivity contribution in [2.45, 2.75) is 18.5 Å². The van der Waals surface area contributed by atoms with Crippen LogP contribution in [0.1, 0.15) is 28.4 Å². The van der Waals surface area contributed by atoms with Gasteiger partial charge in [-0.05, 0) is 35.4 Å². The molecule has 0 amide bonds. The minimum Gasteiger partial charge on any atom is -0.373 e. The minimum atomic E-state index is -2.66. The molecule has 0 unspecified atom stereocenters. The number of alkyl halides is 2. The summed E-state index contributed by atoms with van der Waals surface area (Å²) in [4.78, 5) is 6.02. The van der Waals surface area contributed by atoms with Crippen LogP contribution in [-0.4, -0.2) is 44.3 Å². The number of nitriles is 1. The summed E-state index contributed by atoms with van der Waals surface area (Å²) >= 11 is 18.6. The number of H-pyrrole nitrogens is 1. The molecule has 0 radical (unpaired) electrons. The van der Waals surface area contributed by atoms with E-state index in [2.05, 4.69) is 37.1 Å². The summed E-state index contributed by atoms with van der Waals surface area (Å²) in [6, 6.07) is 15.3. The Morgan fingerprint density at radius 2 is 1.88 bits per heavy atom. The number of hydrogen-bond acceptors (Lipinski definition) is 7. The highest BCUT2D eigenvalue weighted by atomic mass is 35.5. The van der Waals surface area contributed by atoms with Crippen LogP contribution in [0.5, 0.6) is 0 Å². The monoisotopic (exact) mass is 642 g/mol. The maximum absolute atomic E-state index is 15.0. The Balaban J connectivity index is 1.38. The van der Waals surface area contributed by atoms with Crippen molar-refractivity contribution in [2.75, 3.05) is 23.7 Å². The number of nitrogens with one attached hydrogen (secondary N) is 3. The number of likely N-dealkylation sites (tertiary alicyclic amines) is 1. The second kappa shape index (κ2) is 11.5. The van der Waals surface area contributed by atoms with E-state index in [4.69, 9.17) is 34.8 Å². The lowest BCUT2D eigenvalue weighted by Gasteiger charge is -2.38. The van der Waals surface area contributed by atoms with Gasteiger partial charge in [0, 0.05) is 23.8 Å². The summed E-state index contributed by atoms with van der Waals surface area (Å²) < 4.78 is 41.7. The van der Waals surface area contributed by atoms with Crippen molar-refractivity contribution in [3.63, 3.8) is 0 Å². The number of pyridine rings is 1. The number of fused-ring (bicyclic) bond motifs is 1. The Kier molecular flexibility index (Phi) is 7.79. The lowest BCUT2D eigenvalue weighted by Crippen LogP contribution is -2.55. The fourth-order valence-corrected chi connectivity index (χ4v) is 5.59. The van der Waals surface area contributed by atoms with E-state index in [9.17, 15) is 18.4 Å². The zero-order valence-corrected chi connectivity index (χ0v) is 24.2. The molecule has 2 aromatic heterocycles. The van der Waals surface area contributed by atoms with Crippen molar-refractivity contribution in [1.29, 1.82) is 5.26 Å². The van der Waals surface area contributed by atoms with Gasteiger partial charge in [0.1, 0.15) is 11.8 Å². The molecule has 1 aliphatic rings. The van der Waals surface area contributed by atoms with Gasteiger partial charge in [-0.25, -0.2) is 13.2 Å². The number of rotatable bonds is 8. The first-order valence-electron chi connectivity index (χ1n) is 12.9. The molecule has 1 atom stereocenters. The van der Waals surface area contributed by atoms with Gasteiger partial charge >= 0.3 is 0 Å². The topological polar surface area (TPSA) is 106 Å². The van der Waals surface area contributed by atoms with Gasteiger partial charge in [-0.2, -0.15) is 20.7 Å². The fourth-order valence-electron chi connectivity index (χ4n) is 5.01. The van der Waals surface area contributed by atoms with E-state index >= 15 is 0 Å². The van der Waals surface area contributed by atoms with E-state index in [-0.39, 0.29) is 45.1 Å². The van der Waals surface area contributed by atoms with E-state index in [0.29, 0.717) is 28.8 Å². The zero-order valence-electron chi connectivity index (χ0n) is 22.0. The number of benzene rings is 3. The van der Waals surface area contributed by atoms with Gasteiger partial charge in [0.15, 0.2) is 5.82 Å². The summed E-state index contributed by atoms with van der Waals surface area (Å²) in [6.07, 6.45) is 2.91. The van der Waals surface area contributed by atoms with E-state index in [1.807, 2.05) is 24.3 Å². The molecule has 14 heteroatoms. The van der Waals surface area contributed by atoms with Crippen molar-refractivity contribution in [2.24, 2.45) is 0 Å². The number of aromatic nitrogens is 4. The smallest absolute Gasteiger partial charge is 0.272 e. The highest BCUT2D eigenvalue weighted by molar-refractivity contribution is 6.42. The maximum atomic E-state index is 15.0. The summed E-state index contributed by atoms with van der Waals surface area (Å²) in [5.41, 5.74) is 3.54. The molecule has 218 valence electrons. The van der Waals surface area contributed by atoms with Crippen LogP contribution in [0, 0.1) is 17.1 Å². The molecular weight excluding hydrogens is 624 g/mol. The average Bonchev–Trinajstić information content (AvgIpc) is 3.50. The molecule has 1 aliphatic heterocycles. The average molecular weight is 644 g/mol. The Morgan fingerprint density at radius 1 is 1.07 bits per heavy atom. The molecule has 1 saturated heterocycles. The molecular formula is C29H20Cl3F3N8. The van der Waals surface area contributed by atoms with E-state index < -0.39 is 17.8 Å². The second-order valence-electron chi connectivity index (χ2n) is 10.1. The minimum absolute atomic E-state index is 0.00476. The molecule has 1 fully saturated rings. The van der Waals surface area contributed by atoms with Gasteiger partial charge in [-0.15, -0.1) is 0 Å². The molecule has 0 aliphatic carbocycles. The number of nitrogens with zero attached hydrogens (tertiary/aromatic N) is 5. The normalized spacial score (nSPS) is 15.1. The number of halogens is 6. The van der Waals surface area contributed by atoms with Crippen LogP contribution < -0.4 is 10.6 Å². The number of hydrogen-bond donors (Lipinski definition) is 3. The van der Waals surface area contributed by atoms with Crippen LogP contribution in [0.2, 0.25) is 15.1 Å². The molecule has 0 saturated carbocycles. The van der Waals surface area contributed by atoms with Crippen LogP contribution in [0.3, 0.4) is 0 Å². The summed E-state index contributed by atoms with van der Waals surface area (Å²) in [6.45, 7) is -0.183. The highest BCUT2D eigenvalue weighted by Gasteiger charge is 2.43. The Labute approximate surface area is 258 Å². The molecule has 43 heavy (non-hydrogen) atoms. The molecule has 5 aromatic rings. The zero-order chi connectivity index (χ0) is 30.3. The first-order chi connectivity index (χ1) is 20.6. The largest absolute Gasteiger partial charge is 0.373 e. The van der Waals surface area contributed by atoms with Crippen molar-refractivity contribution in [1.82, 2.24) is 25.3 Å². The van der Waals surface area contributed by atoms with Crippen LogP contribution in [0.4, 0.5) is 30.2 Å². The molecule has 3 aromatic carbocycles. The molecule has 0 spiro atoms. The fraction of sp³-hybridized carbons (Fsp3) is 0.172. The van der Waals surface area contributed by atoms with Crippen LogP contribution in [0.25, 0.3) is 10.9 Å². The molecule has 3 N–H and O–H groups in total.